The Hall–Kier alpha value is -3.06. The zero-order chi connectivity index (χ0) is 19.2. The minimum absolute atomic E-state index is 0.197. The van der Waals surface area contributed by atoms with Gasteiger partial charge in [0.15, 0.2) is 0 Å². The van der Waals surface area contributed by atoms with Crippen molar-refractivity contribution in [3.63, 3.8) is 0 Å². The summed E-state index contributed by atoms with van der Waals surface area (Å²) in [6.07, 6.45) is 2.34. The molecule has 1 fully saturated rings. The van der Waals surface area contributed by atoms with Gasteiger partial charge in [0, 0.05) is 6.42 Å². The third-order valence-electron chi connectivity index (χ3n) is 3.83. The molecular formula is C20H17NO5S. The number of benzene rings is 2. The minimum atomic E-state index is -1.23. The van der Waals surface area contributed by atoms with Crippen LogP contribution in [0.25, 0.3) is 6.08 Å². The topological polar surface area (TPSA) is 83.9 Å². The van der Waals surface area contributed by atoms with E-state index in [1.165, 1.54) is 5.56 Å². The van der Waals surface area contributed by atoms with Crippen LogP contribution in [0, 0.1) is 0 Å². The SMILES string of the molecule is O=C(O)CN1C(=O)S/C(=C\c2cccc(OCCc3ccccc3)c2)C1=O. The van der Waals surface area contributed by atoms with Gasteiger partial charge in [-0.25, -0.2) is 0 Å². The lowest BCUT2D eigenvalue weighted by Crippen LogP contribution is -2.33. The Morgan fingerprint density at radius 1 is 1.11 bits per heavy atom. The number of aliphatic carboxylic acids is 1. The Balaban J connectivity index is 1.65. The molecule has 138 valence electrons. The van der Waals surface area contributed by atoms with Crippen molar-refractivity contribution in [3.8, 4) is 5.75 Å². The van der Waals surface area contributed by atoms with Crippen molar-refractivity contribution in [3.05, 3.63) is 70.6 Å². The third-order valence-corrected chi connectivity index (χ3v) is 4.73. The maximum absolute atomic E-state index is 12.2. The van der Waals surface area contributed by atoms with Gasteiger partial charge >= 0.3 is 5.97 Å². The Morgan fingerprint density at radius 2 is 1.89 bits per heavy atom. The normalized spacial score (nSPS) is 15.4. The van der Waals surface area contributed by atoms with Crippen LogP contribution in [0.3, 0.4) is 0 Å². The predicted octanol–water partition coefficient (Wildman–Crippen LogP) is 3.43. The van der Waals surface area contributed by atoms with E-state index in [1.54, 1.807) is 24.3 Å². The van der Waals surface area contributed by atoms with Crippen LogP contribution in [0.2, 0.25) is 0 Å². The van der Waals surface area contributed by atoms with E-state index in [2.05, 4.69) is 0 Å². The van der Waals surface area contributed by atoms with Crippen molar-refractivity contribution in [2.45, 2.75) is 6.42 Å². The average Bonchev–Trinajstić information content (AvgIpc) is 2.90. The highest BCUT2D eigenvalue weighted by Crippen LogP contribution is 2.32. The molecule has 6 nitrogen and oxygen atoms in total. The van der Waals surface area contributed by atoms with Crippen LogP contribution in [0.1, 0.15) is 11.1 Å². The van der Waals surface area contributed by atoms with Gasteiger partial charge in [-0.1, -0.05) is 42.5 Å². The van der Waals surface area contributed by atoms with Crippen LogP contribution in [-0.4, -0.2) is 40.3 Å². The van der Waals surface area contributed by atoms with Gasteiger partial charge in [0.25, 0.3) is 11.1 Å². The molecule has 0 unspecified atom stereocenters. The minimum Gasteiger partial charge on any atom is -0.493 e. The molecule has 0 aliphatic carbocycles. The molecule has 0 radical (unpaired) electrons. The van der Waals surface area contributed by atoms with E-state index in [0.717, 1.165) is 23.1 Å². The molecule has 1 N–H and O–H groups in total. The van der Waals surface area contributed by atoms with Crippen LogP contribution in [0.15, 0.2) is 59.5 Å². The molecule has 27 heavy (non-hydrogen) atoms. The third kappa shape index (κ3) is 4.98. The summed E-state index contributed by atoms with van der Waals surface area (Å²) in [7, 11) is 0. The molecule has 1 heterocycles. The van der Waals surface area contributed by atoms with Crippen LogP contribution in [0.5, 0.6) is 5.75 Å². The molecule has 1 aliphatic rings. The lowest BCUT2D eigenvalue weighted by molar-refractivity contribution is -0.140. The van der Waals surface area contributed by atoms with Crippen molar-refractivity contribution >= 4 is 35.0 Å². The molecule has 7 heteroatoms. The molecule has 0 aromatic heterocycles. The fourth-order valence-electron chi connectivity index (χ4n) is 2.55. The summed E-state index contributed by atoms with van der Waals surface area (Å²) in [6, 6.07) is 17.2. The summed E-state index contributed by atoms with van der Waals surface area (Å²) >= 11 is 0.734. The number of thioether (sulfide) groups is 1. The molecular weight excluding hydrogens is 366 g/mol. The highest BCUT2D eigenvalue weighted by atomic mass is 32.2. The number of carbonyl (C=O) groups excluding carboxylic acids is 2. The second kappa shape index (κ2) is 8.55. The van der Waals surface area contributed by atoms with E-state index < -0.39 is 23.7 Å². The summed E-state index contributed by atoms with van der Waals surface area (Å²) in [6.45, 7) is -0.118. The second-order valence-corrected chi connectivity index (χ2v) is 6.81. The fourth-order valence-corrected chi connectivity index (χ4v) is 3.39. The molecule has 1 aliphatic heterocycles. The summed E-state index contributed by atoms with van der Waals surface area (Å²) in [5.74, 6) is -1.17. The first kappa shape index (κ1) is 18.7. The maximum Gasteiger partial charge on any atom is 0.323 e. The molecule has 2 aromatic rings. The maximum atomic E-state index is 12.2. The Labute approximate surface area is 160 Å². The van der Waals surface area contributed by atoms with Crippen molar-refractivity contribution in [1.29, 1.82) is 0 Å². The number of carboxylic acid groups (broad SMARTS) is 1. The molecule has 2 aromatic carbocycles. The molecule has 0 atom stereocenters. The quantitative estimate of drug-likeness (QED) is 0.738. The lowest BCUT2D eigenvalue weighted by Gasteiger charge is -2.08. The predicted molar refractivity (Wildman–Crippen MR) is 102 cm³/mol. The summed E-state index contributed by atoms with van der Waals surface area (Å²) in [5, 5.41) is 8.22. The fraction of sp³-hybridized carbons (Fsp3) is 0.150. The smallest absolute Gasteiger partial charge is 0.323 e. The monoisotopic (exact) mass is 383 g/mol. The second-order valence-electron chi connectivity index (χ2n) is 5.82. The van der Waals surface area contributed by atoms with Gasteiger partial charge in [0.2, 0.25) is 0 Å². The van der Waals surface area contributed by atoms with Gasteiger partial charge in [0.05, 0.1) is 11.5 Å². The van der Waals surface area contributed by atoms with E-state index in [1.807, 2.05) is 36.4 Å². The Morgan fingerprint density at radius 3 is 2.63 bits per heavy atom. The Bertz CT molecular complexity index is 894. The standard InChI is InChI=1S/C20H17NO5S/c22-18(23)13-21-19(24)17(27-20(21)25)12-15-7-4-8-16(11-15)26-10-9-14-5-2-1-3-6-14/h1-8,11-12H,9-10,13H2,(H,22,23)/b17-12-. The molecule has 1 saturated heterocycles. The van der Waals surface area contributed by atoms with Crippen molar-refractivity contribution < 1.29 is 24.2 Å². The Kier molecular flexibility index (Phi) is 5.93. The average molecular weight is 383 g/mol. The summed E-state index contributed by atoms with van der Waals surface area (Å²) < 4.78 is 5.76. The first-order valence-electron chi connectivity index (χ1n) is 8.27. The van der Waals surface area contributed by atoms with Crippen molar-refractivity contribution in [1.82, 2.24) is 4.90 Å². The summed E-state index contributed by atoms with van der Waals surface area (Å²) in [4.78, 5) is 35.7. The van der Waals surface area contributed by atoms with Gasteiger partial charge in [-0.05, 0) is 41.1 Å². The molecule has 2 amide bonds. The lowest BCUT2D eigenvalue weighted by atomic mass is 10.1. The number of hydrogen-bond donors (Lipinski definition) is 1. The molecule has 0 spiro atoms. The zero-order valence-electron chi connectivity index (χ0n) is 14.3. The van der Waals surface area contributed by atoms with E-state index >= 15 is 0 Å². The van der Waals surface area contributed by atoms with Gasteiger partial charge in [0.1, 0.15) is 12.3 Å². The number of nitrogens with zero attached hydrogens (tertiary/aromatic N) is 1. The van der Waals surface area contributed by atoms with Crippen LogP contribution < -0.4 is 4.74 Å². The highest BCUT2D eigenvalue weighted by molar-refractivity contribution is 8.18. The number of carboxylic acids is 1. The molecule has 0 saturated carbocycles. The van der Waals surface area contributed by atoms with Gasteiger partial charge in [-0.3, -0.25) is 19.3 Å². The van der Waals surface area contributed by atoms with Crippen molar-refractivity contribution in [2.75, 3.05) is 13.2 Å². The number of carbonyl (C=O) groups is 3. The number of imide groups is 1. The van der Waals surface area contributed by atoms with E-state index in [4.69, 9.17) is 9.84 Å². The van der Waals surface area contributed by atoms with Crippen LogP contribution in [0.4, 0.5) is 4.79 Å². The zero-order valence-corrected chi connectivity index (χ0v) is 15.1. The summed E-state index contributed by atoms with van der Waals surface area (Å²) in [5.41, 5.74) is 1.88. The highest BCUT2D eigenvalue weighted by Gasteiger charge is 2.36. The van der Waals surface area contributed by atoms with E-state index in [0.29, 0.717) is 17.9 Å². The first-order valence-corrected chi connectivity index (χ1v) is 9.08. The van der Waals surface area contributed by atoms with E-state index in [-0.39, 0.29) is 4.91 Å². The number of amides is 2. The molecule has 0 bridgehead atoms. The van der Waals surface area contributed by atoms with Crippen molar-refractivity contribution in [2.24, 2.45) is 0 Å². The van der Waals surface area contributed by atoms with Crippen LogP contribution >= 0.6 is 11.8 Å². The van der Waals surface area contributed by atoms with Gasteiger partial charge < -0.3 is 9.84 Å². The largest absolute Gasteiger partial charge is 0.493 e. The van der Waals surface area contributed by atoms with Gasteiger partial charge in [-0.15, -0.1) is 0 Å². The van der Waals surface area contributed by atoms with Crippen LogP contribution in [-0.2, 0) is 16.0 Å². The number of ether oxygens (including phenoxy) is 1. The number of rotatable bonds is 7. The van der Waals surface area contributed by atoms with E-state index in [9.17, 15) is 14.4 Å². The first-order chi connectivity index (χ1) is 13.0. The van der Waals surface area contributed by atoms with Gasteiger partial charge in [-0.2, -0.15) is 0 Å². The number of hydrogen-bond acceptors (Lipinski definition) is 5. The molecule has 3 rings (SSSR count).